The molecule has 4 heteroatoms. The Bertz CT molecular complexity index is 2590. The van der Waals surface area contributed by atoms with Gasteiger partial charge in [0.25, 0.3) is 0 Å². The molecule has 0 saturated carbocycles. The Morgan fingerprint density at radius 2 is 0.755 bits per heavy atom. The van der Waals surface area contributed by atoms with Crippen LogP contribution in [0.2, 0.25) is 0 Å². The molecule has 2 aromatic heterocycles. The van der Waals surface area contributed by atoms with E-state index in [-0.39, 0.29) is 0 Å². The summed E-state index contributed by atoms with van der Waals surface area (Å²) < 4.78 is 2.59. The fraction of sp³-hybridized carbons (Fsp3) is 0. The molecule has 3 nitrogen and oxygen atoms in total. The molecule has 0 fully saturated rings. The second kappa shape index (κ2) is 12.4. The normalized spacial score (nSPS) is 11.3. The van der Waals surface area contributed by atoms with Crippen LogP contribution in [-0.4, -0.2) is 15.0 Å². The van der Waals surface area contributed by atoms with Crippen LogP contribution in [0.25, 0.3) is 87.7 Å². The van der Waals surface area contributed by atoms with Gasteiger partial charge in [-0.3, -0.25) is 0 Å². The van der Waals surface area contributed by atoms with Gasteiger partial charge in [0.2, 0.25) is 0 Å². The van der Waals surface area contributed by atoms with Gasteiger partial charge in [-0.2, -0.15) is 0 Å². The summed E-state index contributed by atoms with van der Waals surface area (Å²) in [5.41, 5.74) is 9.90. The van der Waals surface area contributed by atoms with Crippen molar-refractivity contribution in [1.82, 2.24) is 15.0 Å². The molecule has 49 heavy (non-hydrogen) atoms. The second-order valence-electron chi connectivity index (χ2n) is 12.1. The minimum atomic E-state index is 0.644. The summed E-state index contributed by atoms with van der Waals surface area (Å²) in [7, 11) is 0. The van der Waals surface area contributed by atoms with E-state index in [1.54, 1.807) is 0 Å². The van der Waals surface area contributed by atoms with Gasteiger partial charge in [0.1, 0.15) is 0 Å². The van der Waals surface area contributed by atoms with Crippen LogP contribution in [0.4, 0.5) is 0 Å². The highest BCUT2D eigenvalue weighted by Crippen LogP contribution is 2.40. The van der Waals surface area contributed by atoms with Crippen LogP contribution >= 0.6 is 11.3 Å². The lowest BCUT2D eigenvalue weighted by Gasteiger charge is -2.11. The molecule has 9 rings (SSSR count). The van der Waals surface area contributed by atoms with E-state index in [9.17, 15) is 0 Å². The van der Waals surface area contributed by atoms with E-state index in [2.05, 4.69) is 140 Å². The summed E-state index contributed by atoms with van der Waals surface area (Å²) in [4.78, 5) is 15.1. The van der Waals surface area contributed by atoms with Crippen LogP contribution < -0.4 is 0 Å². The molecule has 0 unspecified atom stereocenters. The first-order chi connectivity index (χ1) is 24.3. The van der Waals surface area contributed by atoms with Gasteiger partial charge in [-0.15, -0.1) is 11.3 Å². The molecule has 0 aliphatic rings. The molecular formula is C45H29N3S. The Morgan fingerprint density at radius 1 is 0.306 bits per heavy atom. The number of aromatic nitrogens is 3. The Balaban J connectivity index is 1.12. The number of rotatable bonds is 6. The highest BCUT2D eigenvalue weighted by molar-refractivity contribution is 7.26. The van der Waals surface area contributed by atoms with Gasteiger partial charge in [0.15, 0.2) is 17.5 Å². The maximum atomic E-state index is 5.07. The first-order valence-electron chi connectivity index (χ1n) is 16.4. The summed E-state index contributed by atoms with van der Waals surface area (Å²) in [6.07, 6.45) is 0. The summed E-state index contributed by atoms with van der Waals surface area (Å²) in [5.74, 6) is 1.94. The fourth-order valence-electron chi connectivity index (χ4n) is 6.47. The zero-order valence-electron chi connectivity index (χ0n) is 26.5. The van der Waals surface area contributed by atoms with Crippen LogP contribution in [0.15, 0.2) is 176 Å². The molecule has 9 aromatic rings. The lowest BCUT2D eigenvalue weighted by molar-refractivity contribution is 1.07. The lowest BCUT2D eigenvalue weighted by Crippen LogP contribution is -2.00. The van der Waals surface area contributed by atoms with Gasteiger partial charge in [-0.25, -0.2) is 15.0 Å². The van der Waals surface area contributed by atoms with Gasteiger partial charge >= 0.3 is 0 Å². The van der Waals surface area contributed by atoms with E-state index in [1.807, 2.05) is 47.7 Å². The SMILES string of the molecule is c1ccc(-c2cccc(-c3ccc(-c4nc(-c5ccccc5)nc(-c5cccc(-c6cccc7c6sc6ccccc67)c5)n4)cc3)c2)cc1. The molecular weight excluding hydrogens is 615 g/mol. The molecule has 230 valence electrons. The summed E-state index contributed by atoms with van der Waals surface area (Å²) in [6, 6.07) is 61.6. The van der Waals surface area contributed by atoms with Crippen LogP contribution in [-0.2, 0) is 0 Å². The van der Waals surface area contributed by atoms with Crippen molar-refractivity contribution in [2.24, 2.45) is 0 Å². The Labute approximate surface area is 288 Å². The van der Waals surface area contributed by atoms with Crippen LogP contribution in [0, 0.1) is 0 Å². The molecule has 2 heterocycles. The summed E-state index contributed by atoms with van der Waals surface area (Å²) >= 11 is 1.84. The minimum Gasteiger partial charge on any atom is -0.208 e. The highest BCUT2D eigenvalue weighted by atomic mass is 32.1. The van der Waals surface area contributed by atoms with Crippen molar-refractivity contribution < 1.29 is 0 Å². The quantitative estimate of drug-likeness (QED) is 0.181. The van der Waals surface area contributed by atoms with Crippen LogP contribution in [0.5, 0.6) is 0 Å². The molecule has 0 N–H and O–H groups in total. The predicted molar refractivity (Wildman–Crippen MR) is 205 cm³/mol. The van der Waals surface area contributed by atoms with Crippen molar-refractivity contribution in [3.63, 3.8) is 0 Å². The Morgan fingerprint density at radius 3 is 1.47 bits per heavy atom. The van der Waals surface area contributed by atoms with E-state index < -0.39 is 0 Å². The standard InChI is InChI=1S/C45H29N3S/c1-3-12-30(13-4-1)34-16-9-17-35(28-34)31-24-26-33(27-25-31)44-46-43(32-14-5-2-6-15-32)47-45(48-44)37-19-10-18-36(29-37)38-21-11-22-40-39-20-7-8-23-41(39)49-42(38)40/h1-29H. The van der Waals surface area contributed by atoms with Gasteiger partial charge in [-0.1, -0.05) is 158 Å². The third-order valence-corrected chi connectivity index (χ3v) is 10.2. The fourth-order valence-corrected chi connectivity index (χ4v) is 7.71. The number of thiophene rings is 1. The molecule has 0 spiro atoms. The third kappa shape index (κ3) is 5.58. The summed E-state index contributed by atoms with van der Waals surface area (Å²) in [6.45, 7) is 0. The Kier molecular flexibility index (Phi) is 7.34. The van der Waals surface area contributed by atoms with E-state index in [0.717, 1.165) is 27.8 Å². The number of hydrogen-bond donors (Lipinski definition) is 0. The van der Waals surface area contributed by atoms with E-state index in [0.29, 0.717) is 17.5 Å². The number of fused-ring (bicyclic) bond motifs is 3. The van der Waals surface area contributed by atoms with E-state index in [4.69, 9.17) is 15.0 Å². The molecule has 0 saturated heterocycles. The lowest BCUT2D eigenvalue weighted by atomic mass is 9.98. The first kappa shape index (κ1) is 29.0. The molecule has 0 bridgehead atoms. The zero-order chi connectivity index (χ0) is 32.6. The molecule has 0 radical (unpaired) electrons. The van der Waals surface area contributed by atoms with Gasteiger partial charge < -0.3 is 0 Å². The van der Waals surface area contributed by atoms with Crippen molar-refractivity contribution in [3.05, 3.63) is 176 Å². The maximum Gasteiger partial charge on any atom is 0.164 e. The van der Waals surface area contributed by atoms with Gasteiger partial charge in [0, 0.05) is 36.9 Å². The number of hydrogen-bond acceptors (Lipinski definition) is 4. The van der Waals surface area contributed by atoms with Crippen molar-refractivity contribution in [3.8, 4) is 67.5 Å². The average molecular weight is 644 g/mol. The molecule has 0 atom stereocenters. The maximum absolute atomic E-state index is 5.07. The highest BCUT2D eigenvalue weighted by Gasteiger charge is 2.15. The third-order valence-electron chi connectivity index (χ3n) is 8.95. The van der Waals surface area contributed by atoms with Crippen LogP contribution in [0.1, 0.15) is 0 Å². The topological polar surface area (TPSA) is 38.7 Å². The smallest absolute Gasteiger partial charge is 0.164 e. The van der Waals surface area contributed by atoms with Gasteiger partial charge in [0.05, 0.1) is 0 Å². The molecule has 7 aromatic carbocycles. The van der Waals surface area contributed by atoms with Gasteiger partial charge in [-0.05, 0) is 51.6 Å². The van der Waals surface area contributed by atoms with Crippen molar-refractivity contribution in [2.75, 3.05) is 0 Å². The van der Waals surface area contributed by atoms with E-state index in [1.165, 1.54) is 42.4 Å². The minimum absolute atomic E-state index is 0.644. The zero-order valence-corrected chi connectivity index (χ0v) is 27.3. The van der Waals surface area contributed by atoms with Crippen molar-refractivity contribution >= 4 is 31.5 Å². The van der Waals surface area contributed by atoms with Crippen LogP contribution in [0.3, 0.4) is 0 Å². The number of nitrogens with zero attached hydrogens (tertiary/aromatic N) is 3. The molecule has 0 aliphatic carbocycles. The second-order valence-corrected chi connectivity index (χ2v) is 13.1. The summed E-state index contributed by atoms with van der Waals surface area (Å²) in [5, 5.41) is 2.58. The predicted octanol–water partition coefficient (Wildman–Crippen LogP) is 12.2. The number of benzene rings is 7. The molecule has 0 aliphatic heterocycles. The first-order valence-corrected chi connectivity index (χ1v) is 17.2. The van der Waals surface area contributed by atoms with E-state index >= 15 is 0 Å². The molecule has 0 amide bonds. The Hall–Kier alpha value is -6.23. The van der Waals surface area contributed by atoms with Crippen molar-refractivity contribution in [1.29, 1.82) is 0 Å². The monoisotopic (exact) mass is 643 g/mol. The van der Waals surface area contributed by atoms with Crippen molar-refractivity contribution in [2.45, 2.75) is 0 Å². The average Bonchev–Trinajstić information content (AvgIpc) is 3.58. The largest absolute Gasteiger partial charge is 0.208 e.